The van der Waals surface area contributed by atoms with Crippen molar-refractivity contribution in [3.63, 3.8) is 0 Å². The molecule has 20 heavy (non-hydrogen) atoms. The first-order valence-electron chi connectivity index (χ1n) is 6.05. The molecule has 0 aromatic heterocycles. The molecule has 0 aliphatic rings. The minimum Gasteiger partial charge on any atom is -0.504 e. The van der Waals surface area contributed by atoms with Gasteiger partial charge in [-0.3, -0.25) is 4.79 Å². The summed E-state index contributed by atoms with van der Waals surface area (Å²) >= 11 is 5.10. The summed E-state index contributed by atoms with van der Waals surface area (Å²) in [6.45, 7) is 0.559. The molecule has 0 atom stereocenters. The number of esters is 1. The number of anilines is 1. The highest BCUT2D eigenvalue weighted by Gasteiger charge is 2.04. The summed E-state index contributed by atoms with van der Waals surface area (Å²) in [7, 11) is 2.84. The van der Waals surface area contributed by atoms with E-state index < -0.39 is 0 Å². The number of hydrogen-bond acceptors (Lipinski definition) is 5. The summed E-state index contributed by atoms with van der Waals surface area (Å²) in [6.07, 6.45) is 0.970. The number of aromatic hydroxyl groups is 1. The Morgan fingerprint density at radius 1 is 1.40 bits per heavy atom. The Balaban J connectivity index is 2.35. The van der Waals surface area contributed by atoms with Crippen LogP contribution < -0.4 is 15.4 Å². The fraction of sp³-hybridized carbons (Fsp3) is 0.385. The lowest BCUT2D eigenvalue weighted by molar-refractivity contribution is -0.140. The molecule has 6 nitrogen and oxygen atoms in total. The summed E-state index contributed by atoms with van der Waals surface area (Å²) in [5, 5.41) is 15.9. The predicted octanol–water partition coefficient (Wildman–Crippen LogP) is 1.64. The van der Waals surface area contributed by atoms with Gasteiger partial charge in [0.25, 0.3) is 0 Å². The normalized spacial score (nSPS) is 9.70. The molecule has 0 heterocycles. The van der Waals surface area contributed by atoms with Crippen LogP contribution >= 0.6 is 12.2 Å². The zero-order chi connectivity index (χ0) is 15.0. The third-order valence-electron chi connectivity index (χ3n) is 2.51. The van der Waals surface area contributed by atoms with Crippen LogP contribution in [0.25, 0.3) is 0 Å². The van der Waals surface area contributed by atoms with E-state index in [1.807, 2.05) is 0 Å². The van der Waals surface area contributed by atoms with Gasteiger partial charge in [-0.1, -0.05) is 0 Å². The maximum absolute atomic E-state index is 10.9. The Bertz CT molecular complexity index is 479. The van der Waals surface area contributed by atoms with Crippen molar-refractivity contribution in [3.05, 3.63) is 18.2 Å². The van der Waals surface area contributed by atoms with Gasteiger partial charge in [0.15, 0.2) is 16.6 Å². The third-order valence-corrected chi connectivity index (χ3v) is 2.75. The minimum atomic E-state index is -0.245. The van der Waals surface area contributed by atoms with Crippen LogP contribution in [0.4, 0.5) is 5.69 Å². The third kappa shape index (κ3) is 5.31. The largest absolute Gasteiger partial charge is 0.504 e. The zero-order valence-electron chi connectivity index (χ0n) is 11.4. The first kappa shape index (κ1) is 16.0. The number of phenols is 1. The highest BCUT2D eigenvalue weighted by molar-refractivity contribution is 7.80. The summed E-state index contributed by atoms with van der Waals surface area (Å²) in [5.41, 5.74) is 0.647. The van der Waals surface area contributed by atoms with E-state index in [0.717, 1.165) is 0 Å². The lowest BCUT2D eigenvalue weighted by Gasteiger charge is -2.11. The number of ether oxygens (including phenoxy) is 2. The Morgan fingerprint density at radius 3 is 2.75 bits per heavy atom. The van der Waals surface area contributed by atoms with Crippen LogP contribution in [0.5, 0.6) is 11.5 Å². The van der Waals surface area contributed by atoms with E-state index in [4.69, 9.17) is 17.0 Å². The summed E-state index contributed by atoms with van der Waals surface area (Å²) in [5.74, 6) is 0.184. The van der Waals surface area contributed by atoms with Crippen molar-refractivity contribution < 1.29 is 19.4 Å². The molecule has 0 aliphatic carbocycles. The molecular weight excluding hydrogens is 280 g/mol. The SMILES string of the molecule is COC(=O)CCCNC(=S)Nc1ccc(OC)c(O)c1. The smallest absolute Gasteiger partial charge is 0.305 e. The highest BCUT2D eigenvalue weighted by Crippen LogP contribution is 2.28. The number of thiocarbonyl (C=S) groups is 1. The van der Waals surface area contributed by atoms with E-state index in [2.05, 4.69) is 15.4 Å². The van der Waals surface area contributed by atoms with Crippen molar-refractivity contribution in [2.75, 3.05) is 26.1 Å². The predicted molar refractivity (Wildman–Crippen MR) is 80.1 cm³/mol. The fourth-order valence-corrected chi connectivity index (χ4v) is 1.70. The molecule has 0 saturated carbocycles. The van der Waals surface area contributed by atoms with E-state index in [1.165, 1.54) is 20.3 Å². The van der Waals surface area contributed by atoms with Gasteiger partial charge >= 0.3 is 5.97 Å². The van der Waals surface area contributed by atoms with Crippen molar-refractivity contribution in [1.82, 2.24) is 5.32 Å². The molecule has 1 aromatic rings. The second-order valence-electron chi connectivity index (χ2n) is 3.95. The number of carbonyl (C=O) groups is 1. The summed E-state index contributed by atoms with van der Waals surface area (Å²) < 4.78 is 9.48. The number of benzene rings is 1. The van der Waals surface area contributed by atoms with E-state index in [-0.39, 0.29) is 11.7 Å². The molecule has 0 fully saturated rings. The van der Waals surface area contributed by atoms with Crippen LogP contribution in [0.3, 0.4) is 0 Å². The van der Waals surface area contributed by atoms with Crippen molar-refractivity contribution in [2.24, 2.45) is 0 Å². The van der Waals surface area contributed by atoms with Crippen LogP contribution in [0.15, 0.2) is 18.2 Å². The number of nitrogens with one attached hydrogen (secondary N) is 2. The number of hydrogen-bond donors (Lipinski definition) is 3. The van der Waals surface area contributed by atoms with Gasteiger partial charge in [-0.25, -0.2) is 0 Å². The minimum absolute atomic E-state index is 0.0333. The van der Waals surface area contributed by atoms with Gasteiger partial charge in [0.2, 0.25) is 0 Å². The van der Waals surface area contributed by atoms with E-state index in [0.29, 0.717) is 35.9 Å². The average Bonchev–Trinajstić information content (AvgIpc) is 2.43. The van der Waals surface area contributed by atoms with Crippen LogP contribution in [0, 0.1) is 0 Å². The van der Waals surface area contributed by atoms with Crippen LogP contribution in [0.1, 0.15) is 12.8 Å². The van der Waals surface area contributed by atoms with Crippen LogP contribution in [-0.4, -0.2) is 37.0 Å². The standard InChI is InChI=1S/C13H18N2O4S/c1-18-11-6-5-9(8-10(11)16)15-13(20)14-7-3-4-12(17)19-2/h5-6,8,16H,3-4,7H2,1-2H3,(H2,14,15,20). The van der Waals surface area contributed by atoms with E-state index >= 15 is 0 Å². The Morgan fingerprint density at radius 2 is 2.15 bits per heavy atom. The molecule has 0 saturated heterocycles. The molecule has 110 valence electrons. The Labute approximate surface area is 123 Å². The van der Waals surface area contributed by atoms with Gasteiger partial charge < -0.3 is 25.2 Å². The summed E-state index contributed by atoms with van der Waals surface area (Å²) in [4.78, 5) is 10.9. The van der Waals surface area contributed by atoms with Crippen molar-refractivity contribution in [1.29, 1.82) is 0 Å². The molecule has 0 amide bonds. The maximum atomic E-state index is 10.9. The van der Waals surface area contributed by atoms with E-state index in [1.54, 1.807) is 12.1 Å². The molecule has 1 rings (SSSR count). The number of rotatable bonds is 6. The molecule has 7 heteroatoms. The van der Waals surface area contributed by atoms with Gasteiger partial charge in [-0.05, 0) is 30.8 Å². The van der Waals surface area contributed by atoms with Crippen LogP contribution in [-0.2, 0) is 9.53 Å². The zero-order valence-corrected chi connectivity index (χ0v) is 12.3. The topological polar surface area (TPSA) is 79.8 Å². The van der Waals surface area contributed by atoms with Gasteiger partial charge in [0.05, 0.1) is 14.2 Å². The van der Waals surface area contributed by atoms with E-state index in [9.17, 15) is 9.90 Å². The molecular formula is C13H18N2O4S. The molecule has 0 radical (unpaired) electrons. The monoisotopic (exact) mass is 298 g/mol. The lowest BCUT2D eigenvalue weighted by Crippen LogP contribution is -2.29. The van der Waals surface area contributed by atoms with Gasteiger partial charge in [-0.15, -0.1) is 0 Å². The van der Waals surface area contributed by atoms with Crippen LogP contribution in [0.2, 0.25) is 0 Å². The quantitative estimate of drug-likeness (QED) is 0.418. The van der Waals surface area contributed by atoms with Crippen molar-refractivity contribution >= 4 is 29.0 Å². The first-order valence-corrected chi connectivity index (χ1v) is 6.46. The molecule has 0 aliphatic heterocycles. The first-order chi connectivity index (χ1) is 9.56. The second kappa shape index (κ2) is 8.21. The van der Waals surface area contributed by atoms with Gasteiger partial charge in [0, 0.05) is 24.7 Å². The molecule has 0 spiro atoms. The van der Waals surface area contributed by atoms with Crippen molar-refractivity contribution in [3.8, 4) is 11.5 Å². The second-order valence-corrected chi connectivity index (χ2v) is 4.36. The lowest BCUT2D eigenvalue weighted by atomic mass is 10.3. The van der Waals surface area contributed by atoms with Gasteiger partial charge in [-0.2, -0.15) is 0 Å². The number of methoxy groups -OCH3 is 2. The van der Waals surface area contributed by atoms with Crippen molar-refractivity contribution in [2.45, 2.75) is 12.8 Å². The molecule has 3 N–H and O–H groups in total. The molecule has 0 unspecified atom stereocenters. The summed E-state index contributed by atoms with van der Waals surface area (Å²) in [6, 6.07) is 4.89. The number of phenolic OH excluding ortho intramolecular Hbond substituents is 1. The Hall–Kier alpha value is -2.02. The van der Waals surface area contributed by atoms with Gasteiger partial charge in [0.1, 0.15) is 0 Å². The fourth-order valence-electron chi connectivity index (χ4n) is 1.48. The maximum Gasteiger partial charge on any atom is 0.305 e. The molecule has 0 bridgehead atoms. The number of carbonyl (C=O) groups excluding carboxylic acids is 1. The average molecular weight is 298 g/mol. The Kier molecular flexibility index (Phi) is 6.58. The highest BCUT2D eigenvalue weighted by atomic mass is 32.1. The molecule has 1 aromatic carbocycles.